The number of benzene rings is 1. The van der Waals surface area contributed by atoms with Gasteiger partial charge in [-0.05, 0) is 31.0 Å². The zero-order valence-corrected chi connectivity index (χ0v) is 10.2. The Hall–Kier alpha value is -1.88. The van der Waals surface area contributed by atoms with Gasteiger partial charge in [-0.1, -0.05) is 6.07 Å². The van der Waals surface area contributed by atoms with E-state index in [0.29, 0.717) is 17.3 Å². The molecule has 1 saturated carbocycles. The average Bonchev–Trinajstić information content (AvgIpc) is 3.13. The van der Waals surface area contributed by atoms with Gasteiger partial charge in [0.25, 0.3) is 5.91 Å². The number of methoxy groups -OCH3 is 1. The number of rotatable bonds is 5. The first-order valence-electron chi connectivity index (χ1n) is 5.89. The third-order valence-corrected chi connectivity index (χ3v) is 2.60. The largest absolute Gasteiger partial charge is 0.375 e. The molecule has 0 unspecified atom stereocenters. The van der Waals surface area contributed by atoms with Crippen molar-refractivity contribution in [3.63, 3.8) is 0 Å². The van der Waals surface area contributed by atoms with Crippen LogP contribution < -0.4 is 10.6 Å². The van der Waals surface area contributed by atoms with Gasteiger partial charge >= 0.3 is 0 Å². The summed E-state index contributed by atoms with van der Waals surface area (Å²) < 4.78 is 4.72. The molecule has 1 aromatic rings. The van der Waals surface area contributed by atoms with Gasteiger partial charge in [0, 0.05) is 24.4 Å². The van der Waals surface area contributed by atoms with Crippen molar-refractivity contribution in [3.8, 4) is 0 Å². The quantitative estimate of drug-likeness (QED) is 0.821. The van der Waals surface area contributed by atoms with Crippen LogP contribution in [-0.4, -0.2) is 31.6 Å². The summed E-state index contributed by atoms with van der Waals surface area (Å²) in [4.78, 5) is 23.2. The molecule has 2 N–H and O–H groups in total. The molecule has 0 radical (unpaired) electrons. The lowest BCUT2D eigenvalue weighted by Gasteiger charge is -2.07. The Morgan fingerprint density at radius 3 is 2.83 bits per heavy atom. The highest BCUT2D eigenvalue weighted by Gasteiger charge is 2.23. The normalized spacial score (nSPS) is 14.1. The molecule has 1 fully saturated rings. The van der Waals surface area contributed by atoms with Gasteiger partial charge in [-0.25, -0.2) is 0 Å². The number of amides is 2. The molecule has 0 bridgehead atoms. The summed E-state index contributed by atoms with van der Waals surface area (Å²) in [5, 5.41) is 5.56. The minimum Gasteiger partial charge on any atom is -0.375 e. The highest BCUT2D eigenvalue weighted by atomic mass is 16.5. The minimum atomic E-state index is -0.239. The Morgan fingerprint density at radius 2 is 2.17 bits per heavy atom. The first-order chi connectivity index (χ1) is 8.69. The van der Waals surface area contributed by atoms with Crippen molar-refractivity contribution in [2.24, 2.45) is 0 Å². The van der Waals surface area contributed by atoms with Crippen LogP contribution in [0.4, 0.5) is 5.69 Å². The first-order valence-corrected chi connectivity index (χ1v) is 5.89. The number of nitrogens with one attached hydrogen (secondary N) is 2. The monoisotopic (exact) mass is 248 g/mol. The maximum Gasteiger partial charge on any atom is 0.251 e. The predicted octanol–water partition coefficient (Wildman–Crippen LogP) is 1.16. The number of hydrogen-bond acceptors (Lipinski definition) is 3. The van der Waals surface area contributed by atoms with Crippen LogP contribution in [0.3, 0.4) is 0 Å². The van der Waals surface area contributed by atoms with Gasteiger partial charge in [-0.3, -0.25) is 9.59 Å². The van der Waals surface area contributed by atoms with Crippen LogP contribution in [0.15, 0.2) is 24.3 Å². The molecule has 0 saturated heterocycles. The lowest BCUT2D eigenvalue weighted by Crippen LogP contribution is -2.25. The van der Waals surface area contributed by atoms with Crippen LogP contribution in [0.5, 0.6) is 0 Å². The number of ether oxygens (including phenoxy) is 1. The standard InChI is InChI=1S/C13H16N2O3/c1-18-8-12(16)14-11-4-2-3-9(7-11)13(17)15-10-5-6-10/h2-4,7,10H,5-6,8H2,1H3,(H,14,16)(H,15,17). The van der Waals surface area contributed by atoms with Crippen molar-refractivity contribution in [2.75, 3.05) is 19.0 Å². The minimum absolute atomic E-state index is 0.00149. The molecule has 5 nitrogen and oxygen atoms in total. The van der Waals surface area contributed by atoms with Crippen LogP contribution in [0, 0.1) is 0 Å². The van der Waals surface area contributed by atoms with E-state index in [1.807, 2.05) is 0 Å². The van der Waals surface area contributed by atoms with E-state index in [0.717, 1.165) is 12.8 Å². The highest BCUT2D eigenvalue weighted by molar-refractivity contribution is 5.97. The first kappa shape index (κ1) is 12.6. The van der Waals surface area contributed by atoms with Gasteiger partial charge < -0.3 is 15.4 Å². The van der Waals surface area contributed by atoms with Crippen LogP contribution in [0.25, 0.3) is 0 Å². The molecule has 0 atom stereocenters. The molecule has 18 heavy (non-hydrogen) atoms. The fourth-order valence-electron chi connectivity index (χ4n) is 1.56. The molecule has 5 heteroatoms. The summed E-state index contributed by atoms with van der Waals surface area (Å²) in [6.07, 6.45) is 2.10. The predicted molar refractivity (Wildman–Crippen MR) is 67.4 cm³/mol. The number of carbonyl (C=O) groups is 2. The van der Waals surface area contributed by atoms with E-state index < -0.39 is 0 Å². The summed E-state index contributed by atoms with van der Waals surface area (Å²) in [5.74, 6) is -0.336. The van der Waals surface area contributed by atoms with Gasteiger partial charge in [-0.2, -0.15) is 0 Å². The molecule has 0 aliphatic heterocycles. The molecule has 2 rings (SSSR count). The van der Waals surface area contributed by atoms with E-state index in [1.165, 1.54) is 7.11 Å². The lowest BCUT2D eigenvalue weighted by molar-refractivity contribution is -0.119. The number of anilines is 1. The third kappa shape index (κ3) is 3.56. The van der Waals surface area contributed by atoms with Crippen LogP contribution in [-0.2, 0) is 9.53 Å². The Kier molecular flexibility index (Phi) is 3.94. The third-order valence-electron chi connectivity index (χ3n) is 2.60. The van der Waals surface area contributed by atoms with E-state index in [1.54, 1.807) is 24.3 Å². The Labute approximate surface area is 106 Å². The van der Waals surface area contributed by atoms with Gasteiger partial charge in [-0.15, -0.1) is 0 Å². The molecular weight excluding hydrogens is 232 g/mol. The Balaban J connectivity index is 1.99. The molecule has 1 aliphatic rings. The molecule has 96 valence electrons. The van der Waals surface area contributed by atoms with E-state index in [-0.39, 0.29) is 18.4 Å². The Morgan fingerprint density at radius 1 is 1.39 bits per heavy atom. The molecular formula is C13H16N2O3. The fraction of sp³-hybridized carbons (Fsp3) is 0.385. The zero-order valence-electron chi connectivity index (χ0n) is 10.2. The molecule has 0 heterocycles. The molecule has 0 aromatic heterocycles. The van der Waals surface area contributed by atoms with Gasteiger partial charge in [0.1, 0.15) is 6.61 Å². The van der Waals surface area contributed by atoms with Crippen LogP contribution >= 0.6 is 0 Å². The topological polar surface area (TPSA) is 67.4 Å². The molecule has 1 aliphatic carbocycles. The average molecular weight is 248 g/mol. The zero-order chi connectivity index (χ0) is 13.0. The van der Waals surface area contributed by atoms with E-state index in [4.69, 9.17) is 4.74 Å². The van der Waals surface area contributed by atoms with Crippen molar-refractivity contribution >= 4 is 17.5 Å². The SMILES string of the molecule is COCC(=O)Nc1cccc(C(=O)NC2CC2)c1. The summed E-state index contributed by atoms with van der Waals surface area (Å²) in [5.41, 5.74) is 1.15. The second kappa shape index (κ2) is 5.64. The van der Waals surface area contributed by atoms with E-state index in [9.17, 15) is 9.59 Å². The van der Waals surface area contributed by atoms with Crippen LogP contribution in [0.2, 0.25) is 0 Å². The molecule has 2 amide bonds. The van der Waals surface area contributed by atoms with Crippen molar-refractivity contribution in [1.82, 2.24) is 5.32 Å². The summed E-state index contributed by atoms with van der Waals surface area (Å²) in [7, 11) is 1.46. The fourth-order valence-corrected chi connectivity index (χ4v) is 1.56. The molecule has 0 spiro atoms. The lowest BCUT2D eigenvalue weighted by atomic mass is 10.2. The molecule has 1 aromatic carbocycles. The highest BCUT2D eigenvalue weighted by Crippen LogP contribution is 2.20. The summed E-state index contributed by atoms with van der Waals surface area (Å²) in [6, 6.07) is 7.19. The number of carbonyl (C=O) groups excluding carboxylic acids is 2. The summed E-state index contributed by atoms with van der Waals surface area (Å²) >= 11 is 0. The maximum atomic E-state index is 11.8. The second-order valence-corrected chi connectivity index (χ2v) is 4.31. The second-order valence-electron chi connectivity index (χ2n) is 4.31. The van der Waals surface area contributed by atoms with Crippen molar-refractivity contribution in [1.29, 1.82) is 0 Å². The van der Waals surface area contributed by atoms with Gasteiger partial charge in [0.2, 0.25) is 5.91 Å². The van der Waals surface area contributed by atoms with E-state index >= 15 is 0 Å². The Bertz CT molecular complexity index is 455. The van der Waals surface area contributed by atoms with Crippen molar-refractivity contribution in [2.45, 2.75) is 18.9 Å². The summed E-state index contributed by atoms with van der Waals surface area (Å²) in [6.45, 7) is -0.00149. The number of hydrogen-bond donors (Lipinski definition) is 2. The van der Waals surface area contributed by atoms with Crippen molar-refractivity contribution in [3.05, 3.63) is 29.8 Å². The van der Waals surface area contributed by atoms with E-state index in [2.05, 4.69) is 10.6 Å². The smallest absolute Gasteiger partial charge is 0.251 e. The van der Waals surface area contributed by atoms with Crippen molar-refractivity contribution < 1.29 is 14.3 Å². The maximum absolute atomic E-state index is 11.8. The van der Waals surface area contributed by atoms with Crippen LogP contribution in [0.1, 0.15) is 23.2 Å². The van der Waals surface area contributed by atoms with Gasteiger partial charge in [0.05, 0.1) is 0 Å². The van der Waals surface area contributed by atoms with Gasteiger partial charge in [0.15, 0.2) is 0 Å².